The highest BCUT2D eigenvalue weighted by molar-refractivity contribution is 5.78. The van der Waals surface area contributed by atoms with E-state index in [0.29, 0.717) is 0 Å². The second-order valence-electron chi connectivity index (χ2n) is 4.41. The summed E-state index contributed by atoms with van der Waals surface area (Å²) in [4.78, 5) is 4.59. The lowest BCUT2D eigenvalue weighted by atomic mass is 10.1. The van der Waals surface area contributed by atoms with Crippen molar-refractivity contribution in [3.8, 4) is 11.1 Å². The number of nitrogens with zero attached hydrogens (tertiary/aromatic N) is 2. The number of fused-ring (bicyclic) bond motifs is 1. The van der Waals surface area contributed by atoms with Crippen LogP contribution in [0.5, 0.6) is 0 Å². The van der Waals surface area contributed by atoms with Gasteiger partial charge in [-0.3, -0.25) is 0 Å². The lowest BCUT2D eigenvalue weighted by molar-refractivity contribution is 1.16. The van der Waals surface area contributed by atoms with Gasteiger partial charge >= 0.3 is 0 Å². The van der Waals surface area contributed by atoms with Crippen LogP contribution in [-0.2, 0) is 0 Å². The van der Waals surface area contributed by atoms with Crippen LogP contribution in [0.25, 0.3) is 16.8 Å². The molecule has 0 radical (unpaired) electrons. The summed E-state index contributed by atoms with van der Waals surface area (Å²) in [6.45, 7) is 4.14. The van der Waals surface area contributed by atoms with Crippen molar-refractivity contribution in [3.63, 3.8) is 0 Å². The predicted molar refractivity (Wildman–Crippen MR) is 70.1 cm³/mol. The largest absolute Gasteiger partial charge is 0.306 e. The lowest BCUT2D eigenvalue weighted by Crippen LogP contribution is -1.89. The summed E-state index contributed by atoms with van der Waals surface area (Å²) in [6.07, 6.45) is 4.18. The molecule has 2 aromatic heterocycles. The number of imidazole rings is 1. The Bertz CT molecular complexity index is 666. The van der Waals surface area contributed by atoms with Gasteiger partial charge in [-0.05, 0) is 31.0 Å². The van der Waals surface area contributed by atoms with Gasteiger partial charge in [0.25, 0.3) is 0 Å². The fraction of sp³-hybridized carbons (Fsp3) is 0.133. The topological polar surface area (TPSA) is 17.3 Å². The molecular weight excluding hydrogens is 208 g/mol. The van der Waals surface area contributed by atoms with E-state index < -0.39 is 0 Å². The minimum atomic E-state index is 1.03. The van der Waals surface area contributed by atoms with Crippen LogP contribution in [0.3, 0.4) is 0 Å². The van der Waals surface area contributed by atoms with Crippen LogP contribution in [0.15, 0.2) is 48.8 Å². The minimum absolute atomic E-state index is 1.03. The van der Waals surface area contributed by atoms with E-state index in [9.17, 15) is 0 Å². The molecule has 2 heterocycles. The fourth-order valence-electron chi connectivity index (χ4n) is 2.19. The number of rotatable bonds is 1. The molecule has 1 aromatic carbocycles. The van der Waals surface area contributed by atoms with Crippen molar-refractivity contribution in [2.45, 2.75) is 13.8 Å². The van der Waals surface area contributed by atoms with Crippen molar-refractivity contribution < 1.29 is 0 Å². The number of hydrogen-bond donors (Lipinski definition) is 0. The van der Waals surface area contributed by atoms with Crippen molar-refractivity contribution in [2.75, 3.05) is 0 Å². The Morgan fingerprint density at radius 2 is 1.76 bits per heavy atom. The average molecular weight is 222 g/mol. The van der Waals surface area contributed by atoms with Crippen LogP contribution >= 0.6 is 0 Å². The number of aromatic nitrogens is 2. The molecule has 0 fully saturated rings. The molecule has 0 saturated carbocycles. The second kappa shape index (κ2) is 3.74. The van der Waals surface area contributed by atoms with Crippen LogP contribution in [0.1, 0.15) is 11.3 Å². The summed E-state index contributed by atoms with van der Waals surface area (Å²) < 4.78 is 2.10. The highest BCUT2D eigenvalue weighted by Gasteiger charge is 2.07. The van der Waals surface area contributed by atoms with E-state index in [2.05, 4.69) is 59.0 Å². The maximum atomic E-state index is 4.59. The number of hydrogen-bond acceptors (Lipinski definition) is 1. The lowest BCUT2D eigenvalue weighted by Gasteiger charge is -2.05. The Hall–Kier alpha value is -2.09. The molecule has 2 nitrogen and oxygen atoms in total. The molecular formula is C15H14N2. The van der Waals surface area contributed by atoms with E-state index in [1.807, 2.05) is 13.0 Å². The predicted octanol–water partition coefficient (Wildman–Crippen LogP) is 3.62. The van der Waals surface area contributed by atoms with Gasteiger partial charge in [0.1, 0.15) is 5.65 Å². The summed E-state index contributed by atoms with van der Waals surface area (Å²) >= 11 is 0. The zero-order chi connectivity index (χ0) is 11.8. The van der Waals surface area contributed by atoms with E-state index in [4.69, 9.17) is 0 Å². The Labute approximate surface area is 101 Å². The summed E-state index contributed by atoms with van der Waals surface area (Å²) in [6, 6.07) is 12.6. The van der Waals surface area contributed by atoms with Gasteiger partial charge in [-0.15, -0.1) is 0 Å². The highest BCUT2D eigenvalue weighted by Crippen LogP contribution is 2.25. The van der Waals surface area contributed by atoms with E-state index >= 15 is 0 Å². The number of aryl methyl sites for hydroxylation is 2. The zero-order valence-corrected chi connectivity index (χ0v) is 10.0. The first-order valence-electron chi connectivity index (χ1n) is 5.75. The molecule has 2 heteroatoms. The Morgan fingerprint density at radius 3 is 2.53 bits per heavy atom. The molecule has 0 atom stereocenters. The summed E-state index contributed by atoms with van der Waals surface area (Å²) in [5.41, 5.74) is 5.73. The SMILES string of the molecule is Cc1cc(-c2ccccc2)c2nc(C)cn2c1. The van der Waals surface area contributed by atoms with E-state index in [-0.39, 0.29) is 0 Å². The maximum Gasteiger partial charge on any atom is 0.144 e. The quantitative estimate of drug-likeness (QED) is 0.614. The fourth-order valence-corrected chi connectivity index (χ4v) is 2.19. The zero-order valence-electron chi connectivity index (χ0n) is 10.0. The minimum Gasteiger partial charge on any atom is -0.306 e. The Kier molecular flexibility index (Phi) is 2.22. The molecule has 0 unspecified atom stereocenters. The normalized spacial score (nSPS) is 10.9. The van der Waals surface area contributed by atoms with Crippen LogP contribution < -0.4 is 0 Å². The molecule has 3 aromatic rings. The van der Waals surface area contributed by atoms with E-state index in [0.717, 1.165) is 11.3 Å². The van der Waals surface area contributed by atoms with Gasteiger partial charge < -0.3 is 4.40 Å². The molecule has 0 aliphatic rings. The smallest absolute Gasteiger partial charge is 0.144 e. The van der Waals surface area contributed by atoms with Gasteiger partial charge in [0, 0.05) is 18.0 Å². The molecule has 0 spiro atoms. The van der Waals surface area contributed by atoms with Crippen molar-refractivity contribution in [3.05, 3.63) is 60.0 Å². The molecule has 0 N–H and O–H groups in total. The number of pyridine rings is 1. The highest BCUT2D eigenvalue weighted by atomic mass is 15.0. The first kappa shape index (κ1) is 10.1. The molecule has 0 bridgehead atoms. The third-order valence-corrected chi connectivity index (χ3v) is 2.89. The van der Waals surface area contributed by atoms with E-state index in [1.165, 1.54) is 16.7 Å². The van der Waals surface area contributed by atoms with Crippen molar-refractivity contribution in [2.24, 2.45) is 0 Å². The summed E-state index contributed by atoms with van der Waals surface area (Å²) in [5, 5.41) is 0. The maximum absolute atomic E-state index is 4.59. The van der Waals surface area contributed by atoms with Crippen molar-refractivity contribution in [1.29, 1.82) is 0 Å². The van der Waals surface area contributed by atoms with Crippen LogP contribution in [0, 0.1) is 13.8 Å². The van der Waals surface area contributed by atoms with Gasteiger partial charge in [-0.2, -0.15) is 0 Å². The van der Waals surface area contributed by atoms with Crippen LogP contribution in [0.4, 0.5) is 0 Å². The standard InChI is InChI=1S/C15H14N2/c1-11-8-14(13-6-4-3-5-7-13)15-16-12(2)10-17(15)9-11/h3-10H,1-2H3. The first-order chi connectivity index (χ1) is 8.24. The van der Waals surface area contributed by atoms with Gasteiger partial charge in [0.2, 0.25) is 0 Å². The summed E-state index contributed by atoms with van der Waals surface area (Å²) in [5.74, 6) is 0. The molecule has 0 aliphatic heterocycles. The third-order valence-electron chi connectivity index (χ3n) is 2.89. The second-order valence-corrected chi connectivity index (χ2v) is 4.41. The van der Waals surface area contributed by atoms with Gasteiger partial charge in [0.05, 0.1) is 5.69 Å². The van der Waals surface area contributed by atoms with Crippen molar-refractivity contribution >= 4 is 5.65 Å². The number of benzene rings is 1. The van der Waals surface area contributed by atoms with Crippen molar-refractivity contribution in [1.82, 2.24) is 9.38 Å². The monoisotopic (exact) mass is 222 g/mol. The molecule has 3 rings (SSSR count). The Balaban J connectivity index is 2.35. The van der Waals surface area contributed by atoms with Crippen LogP contribution in [0.2, 0.25) is 0 Å². The summed E-state index contributed by atoms with van der Waals surface area (Å²) in [7, 11) is 0. The molecule has 84 valence electrons. The molecule has 17 heavy (non-hydrogen) atoms. The molecule has 0 saturated heterocycles. The van der Waals surface area contributed by atoms with Gasteiger partial charge in [-0.25, -0.2) is 4.98 Å². The average Bonchev–Trinajstić information content (AvgIpc) is 2.69. The molecule has 0 amide bonds. The van der Waals surface area contributed by atoms with Crippen LogP contribution in [-0.4, -0.2) is 9.38 Å². The van der Waals surface area contributed by atoms with E-state index in [1.54, 1.807) is 0 Å². The van der Waals surface area contributed by atoms with Gasteiger partial charge in [-0.1, -0.05) is 30.3 Å². The van der Waals surface area contributed by atoms with Gasteiger partial charge in [0.15, 0.2) is 0 Å². The first-order valence-corrected chi connectivity index (χ1v) is 5.75. The Morgan fingerprint density at radius 1 is 1.00 bits per heavy atom. The molecule has 0 aliphatic carbocycles. The third kappa shape index (κ3) is 1.72.